The molecule has 8 nitrogen and oxygen atoms in total. The van der Waals surface area contributed by atoms with Crippen molar-refractivity contribution in [1.29, 1.82) is 0 Å². The summed E-state index contributed by atoms with van der Waals surface area (Å²) in [6, 6.07) is 9.09. The van der Waals surface area contributed by atoms with Gasteiger partial charge >= 0.3 is 12.2 Å². The standard InChI is InChI=1S/C25H26ClF3N6O2/c1-15-31-32-22(35(15)14-16-6-9-18(26)10-7-16)21-5-4-12-34(21)24(37)30-20-13-17(23(36)33(2)3)8-11-19(20)25(27,28)29/h6-11,13,21H,4-5,12,14H2,1-3H3,(H,30,37)/t21-/m1/s1. The number of carbonyl (C=O) groups excluding carboxylic acids is 2. The Morgan fingerprint density at radius 3 is 2.49 bits per heavy atom. The van der Waals surface area contributed by atoms with Crippen molar-refractivity contribution >= 4 is 29.2 Å². The number of urea groups is 1. The molecule has 2 heterocycles. The number of aromatic nitrogens is 3. The first kappa shape index (κ1) is 26.5. The van der Waals surface area contributed by atoms with Crippen molar-refractivity contribution in [2.24, 2.45) is 0 Å². The number of amides is 3. The Labute approximate surface area is 217 Å². The SMILES string of the molecule is Cc1nnc([C@H]2CCCN2C(=O)Nc2cc(C(=O)N(C)C)ccc2C(F)(F)F)n1Cc1ccc(Cl)cc1. The molecule has 0 spiro atoms. The Morgan fingerprint density at radius 1 is 1.14 bits per heavy atom. The van der Waals surface area contributed by atoms with Crippen LogP contribution in [0.5, 0.6) is 0 Å². The fraction of sp³-hybridized carbons (Fsp3) is 0.360. The van der Waals surface area contributed by atoms with Crippen LogP contribution in [0.4, 0.5) is 23.7 Å². The molecule has 1 aliphatic heterocycles. The van der Waals surface area contributed by atoms with Crippen LogP contribution in [0.1, 0.15) is 52.0 Å². The van der Waals surface area contributed by atoms with Gasteiger partial charge in [0, 0.05) is 31.2 Å². The third-order valence-corrected chi connectivity index (χ3v) is 6.50. The van der Waals surface area contributed by atoms with Crippen molar-refractivity contribution in [3.63, 3.8) is 0 Å². The molecule has 3 aromatic rings. The van der Waals surface area contributed by atoms with Gasteiger partial charge in [0.15, 0.2) is 5.82 Å². The highest BCUT2D eigenvalue weighted by atomic mass is 35.5. The highest BCUT2D eigenvalue weighted by Crippen LogP contribution is 2.37. The van der Waals surface area contributed by atoms with E-state index in [2.05, 4.69) is 15.5 Å². The van der Waals surface area contributed by atoms with Crippen molar-refractivity contribution in [2.45, 2.75) is 38.5 Å². The lowest BCUT2D eigenvalue weighted by Crippen LogP contribution is -2.36. The monoisotopic (exact) mass is 534 g/mol. The number of likely N-dealkylation sites (tertiary alicyclic amines) is 1. The molecule has 1 saturated heterocycles. The minimum absolute atomic E-state index is 0.0320. The zero-order chi connectivity index (χ0) is 26.9. The van der Waals surface area contributed by atoms with Gasteiger partial charge < -0.3 is 19.7 Å². The molecule has 2 aromatic carbocycles. The lowest BCUT2D eigenvalue weighted by molar-refractivity contribution is -0.136. The molecule has 0 radical (unpaired) electrons. The van der Waals surface area contributed by atoms with Crippen LogP contribution >= 0.6 is 11.6 Å². The molecule has 0 aliphatic carbocycles. The molecule has 4 rings (SSSR count). The van der Waals surface area contributed by atoms with Crippen LogP contribution in [0.3, 0.4) is 0 Å². The number of aryl methyl sites for hydroxylation is 1. The van der Waals surface area contributed by atoms with Gasteiger partial charge in [-0.05, 0) is 55.7 Å². The number of halogens is 4. The second-order valence-corrected chi connectivity index (χ2v) is 9.49. The maximum Gasteiger partial charge on any atom is 0.418 e. The van der Waals surface area contributed by atoms with Crippen molar-refractivity contribution in [3.05, 3.63) is 75.8 Å². The van der Waals surface area contributed by atoms with Gasteiger partial charge in [-0.1, -0.05) is 23.7 Å². The molecule has 12 heteroatoms. The van der Waals surface area contributed by atoms with Crippen LogP contribution in [0.2, 0.25) is 5.02 Å². The molecule has 196 valence electrons. The van der Waals surface area contributed by atoms with Gasteiger partial charge in [-0.2, -0.15) is 13.2 Å². The number of carbonyl (C=O) groups is 2. The van der Waals surface area contributed by atoms with Gasteiger partial charge in [-0.3, -0.25) is 4.79 Å². The average Bonchev–Trinajstić information content (AvgIpc) is 3.46. The molecule has 0 unspecified atom stereocenters. The molecule has 1 N–H and O–H groups in total. The molecular weight excluding hydrogens is 509 g/mol. The second-order valence-electron chi connectivity index (χ2n) is 9.06. The number of anilines is 1. The quantitative estimate of drug-likeness (QED) is 0.476. The van der Waals surface area contributed by atoms with Gasteiger partial charge in [0.25, 0.3) is 5.91 Å². The summed E-state index contributed by atoms with van der Waals surface area (Å²) >= 11 is 5.99. The fourth-order valence-electron chi connectivity index (χ4n) is 4.36. The number of hydrogen-bond acceptors (Lipinski definition) is 4. The van der Waals surface area contributed by atoms with Crippen molar-refractivity contribution in [2.75, 3.05) is 26.0 Å². The molecule has 1 aromatic heterocycles. The molecule has 0 bridgehead atoms. The Hall–Kier alpha value is -3.60. The third kappa shape index (κ3) is 5.71. The average molecular weight is 535 g/mol. The second kappa shape index (κ2) is 10.4. The number of benzene rings is 2. The van der Waals surface area contributed by atoms with Gasteiger partial charge in [-0.25, -0.2) is 4.79 Å². The smallest absolute Gasteiger partial charge is 0.345 e. The van der Waals surface area contributed by atoms with Crippen LogP contribution in [0.25, 0.3) is 0 Å². The first-order valence-corrected chi connectivity index (χ1v) is 12.0. The maximum atomic E-state index is 13.7. The number of rotatable bonds is 5. The van der Waals surface area contributed by atoms with Crippen LogP contribution in [-0.4, -0.2) is 57.1 Å². The maximum absolute atomic E-state index is 13.7. The van der Waals surface area contributed by atoms with E-state index in [1.165, 1.54) is 23.9 Å². The van der Waals surface area contributed by atoms with Gasteiger partial charge in [-0.15, -0.1) is 10.2 Å². The summed E-state index contributed by atoms with van der Waals surface area (Å²) in [5, 5.41) is 11.5. The fourth-order valence-corrected chi connectivity index (χ4v) is 4.49. The normalized spacial score (nSPS) is 15.6. The van der Waals surface area contributed by atoms with E-state index in [-0.39, 0.29) is 5.56 Å². The zero-order valence-electron chi connectivity index (χ0n) is 20.5. The van der Waals surface area contributed by atoms with E-state index in [0.717, 1.165) is 23.8 Å². The van der Waals surface area contributed by atoms with E-state index in [9.17, 15) is 22.8 Å². The predicted molar refractivity (Wildman–Crippen MR) is 132 cm³/mol. The Balaban J connectivity index is 1.62. The Morgan fingerprint density at radius 2 is 1.84 bits per heavy atom. The van der Waals surface area contributed by atoms with E-state index in [0.29, 0.717) is 42.6 Å². The van der Waals surface area contributed by atoms with E-state index in [1.54, 1.807) is 19.1 Å². The first-order valence-electron chi connectivity index (χ1n) is 11.6. The molecule has 3 amide bonds. The molecule has 1 aliphatic rings. The number of nitrogens with one attached hydrogen (secondary N) is 1. The minimum Gasteiger partial charge on any atom is -0.345 e. The number of nitrogens with zero attached hydrogens (tertiary/aromatic N) is 5. The third-order valence-electron chi connectivity index (χ3n) is 6.25. The van der Waals surface area contributed by atoms with Gasteiger partial charge in [0.1, 0.15) is 5.82 Å². The van der Waals surface area contributed by atoms with Crippen LogP contribution in [-0.2, 0) is 12.7 Å². The van der Waals surface area contributed by atoms with Crippen LogP contribution in [0, 0.1) is 6.92 Å². The zero-order valence-corrected chi connectivity index (χ0v) is 21.3. The van der Waals surface area contributed by atoms with E-state index in [1.807, 2.05) is 16.7 Å². The lowest BCUT2D eigenvalue weighted by Gasteiger charge is -2.26. The minimum atomic E-state index is -4.72. The number of hydrogen-bond donors (Lipinski definition) is 1. The van der Waals surface area contributed by atoms with E-state index >= 15 is 0 Å². The topological polar surface area (TPSA) is 83.4 Å². The lowest BCUT2D eigenvalue weighted by atomic mass is 10.1. The van der Waals surface area contributed by atoms with Gasteiger partial charge in [0.05, 0.1) is 23.8 Å². The summed E-state index contributed by atoms with van der Waals surface area (Å²) in [6.07, 6.45) is -3.49. The first-order chi connectivity index (χ1) is 17.5. The van der Waals surface area contributed by atoms with Crippen LogP contribution in [0.15, 0.2) is 42.5 Å². The van der Waals surface area contributed by atoms with Crippen molar-refractivity contribution in [1.82, 2.24) is 24.6 Å². The van der Waals surface area contributed by atoms with E-state index in [4.69, 9.17) is 11.6 Å². The highest BCUT2D eigenvalue weighted by molar-refractivity contribution is 6.30. The van der Waals surface area contributed by atoms with Crippen LogP contribution < -0.4 is 5.32 Å². The van der Waals surface area contributed by atoms with E-state index < -0.39 is 35.4 Å². The summed E-state index contributed by atoms with van der Waals surface area (Å²) in [5.41, 5.74) is -0.521. The molecular formula is C25H26ClF3N6O2. The van der Waals surface area contributed by atoms with Crippen molar-refractivity contribution in [3.8, 4) is 0 Å². The Bertz CT molecular complexity index is 1310. The summed E-state index contributed by atoms with van der Waals surface area (Å²) in [7, 11) is 2.99. The highest BCUT2D eigenvalue weighted by Gasteiger charge is 2.37. The number of alkyl halides is 3. The molecule has 0 saturated carbocycles. The summed E-state index contributed by atoms with van der Waals surface area (Å²) < 4.78 is 43.0. The molecule has 1 atom stereocenters. The summed E-state index contributed by atoms with van der Waals surface area (Å²) in [6.45, 7) is 2.58. The van der Waals surface area contributed by atoms with Gasteiger partial charge in [0.2, 0.25) is 0 Å². The summed E-state index contributed by atoms with van der Waals surface area (Å²) in [5.74, 6) is 0.716. The summed E-state index contributed by atoms with van der Waals surface area (Å²) in [4.78, 5) is 28.3. The van der Waals surface area contributed by atoms with Crippen molar-refractivity contribution < 1.29 is 22.8 Å². The largest absolute Gasteiger partial charge is 0.418 e. The Kier molecular flexibility index (Phi) is 7.44. The molecule has 37 heavy (non-hydrogen) atoms. The predicted octanol–water partition coefficient (Wildman–Crippen LogP) is 5.38. The molecule has 1 fully saturated rings.